The Morgan fingerprint density at radius 3 is 2.64 bits per heavy atom. The van der Waals surface area contributed by atoms with Crippen molar-refractivity contribution >= 4 is 0 Å². The fourth-order valence-corrected chi connectivity index (χ4v) is 1.47. The van der Waals surface area contributed by atoms with Gasteiger partial charge in [-0.25, -0.2) is 4.39 Å². The predicted octanol–water partition coefficient (Wildman–Crippen LogP) is 0.657. The highest BCUT2D eigenvalue weighted by molar-refractivity contribution is 4.86. The third-order valence-electron chi connectivity index (χ3n) is 2.55. The Morgan fingerprint density at radius 1 is 1.64 bits per heavy atom. The Labute approximate surface area is 67.0 Å². The van der Waals surface area contributed by atoms with E-state index in [0.29, 0.717) is 18.5 Å². The third-order valence-corrected chi connectivity index (χ3v) is 2.55. The molecule has 0 radical (unpaired) electrons. The van der Waals surface area contributed by atoms with Crippen molar-refractivity contribution in [2.75, 3.05) is 19.8 Å². The molecule has 3 unspecified atom stereocenters. The summed E-state index contributed by atoms with van der Waals surface area (Å²) in [6.45, 7) is 5.14. The number of aliphatic hydroxyl groups excluding tert-OH is 1. The van der Waals surface area contributed by atoms with Crippen LogP contribution in [0.2, 0.25) is 0 Å². The number of hydrogen-bond acceptors (Lipinski definition) is 2. The molecule has 1 heterocycles. The van der Waals surface area contributed by atoms with Crippen LogP contribution >= 0.6 is 0 Å². The SMILES string of the molecule is CC1CN(CC(O)CF)C1C. The third kappa shape index (κ3) is 1.91. The van der Waals surface area contributed by atoms with Crippen LogP contribution in [0.25, 0.3) is 0 Å². The van der Waals surface area contributed by atoms with Crippen molar-refractivity contribution in [1.29, 1.82) is 0 Å². The number of nitrogens with zero attached hydrogens (tertiary/aromatic N) is 1. The van der Waals surface area contributed by atoms with Gasteiger partial charge in [0.05, 0.1) is 6.10 Å². The van der Waals surface area contributed by atoms with Gasteiger partial charge in [-0.15, -0.1) is 0 Å². The molecule has 0 aliphatic carbocycles. The highest BCUT2D eigenvalue weighted by Crippen LogP contribution is 2.23. The first-order chi connectivity index (χ1) is 5.15. The molecule has 2 nitrogen and oxygen atoms in total. The van der Waals surface area contributed by atoms with Crippen LogP contribution in [0.5, 0.6) is 0 Å². The lowest BCUT2D eigenvalue weighted by atomic mass is 9.92. The lowest BCUT2D eigenvalue weighted by Crippen LogP contribution is -2.55. The van der Waals surface area contributed by atoms with E-state index in [4.69, 9.17) is 5.11 Å². The molecule has 1 aliphatic rings. The first kappa shape index (κ1) is 8.94. The molecule has 0 aromatic heterocycles. The molecular weight excluding hydrogens is 145 g/mol. The predicted molar refractivity (Wildman–Crippen MR) is 42.2 cm³/mol. The van der Waals surface area contributed by atoms with Gasteiger partial charge in [0.15, 0.2) is 0 Å². The zero-order valence-electron chi connectivity index (χ0n) is 7.13. The molecule has 11 heavy (non-hydrogen) atoms. The van der Waals surface area contributed by atoms with E-state index in [9.17, 15) is 4.39 Å². The summed E-state index contributed by atoms with van der Waals surface area (Å²) in [5, 5.41) is 8.98. The zero-order valence-corrected chi connectivity index (χ0v) is 7.13. The topological polar surface area (TPSA) is 23.5 Å². The van der Waals surface area contributed by atoms with Gasteiger partial charge in [-0.3, -0.25) is 4.90 Å². The molecule has 0 bridgehead atoms. The smallest absolute Gasteiger partial charge is 0.117 e. The second-order valence-electron chi connectivity index (χ2n) is 3.48. The first-order valence-corrected chi connectivity index (χ1v) is 4.13. The van der Waals surface area contributed by atoms with Crippen molar-refractivity contribution < 1.29 is 9.50 Å². The minimum Gasteiger partial charge on any atom is -0.389 e. The van der Waals surface area contributed by atoms with Crippen molar-refractivity contribution in [1.82, 2.24) is 4.90 Å². The molecule has 0 amide bonds. The van der Waals surface area contributed by atoms with Crippen molar-refractivity contribution in [3.05, 3.63) is 0 Å². The number of β-amino-alcohol motifs (C(OH)–C–C–N with tert-alkyl or cyclic N) is 1. The zero-order chi connectivity index (χ0) is 8.43. The van der Waals surface area contributed by atoms with Gasteiger partial charge in [-0.2, -0.15) is 0 Å². The van der Waals surface area contributed by atoms with Crippen LogP contribution in [0.1, 0.15) is 13.8 Å². The van der Waals surface area contributed by atoms with Gasteiger partial charge < -0.3 is 5.11 Å². The Hall–Kier alpha value is -0.150. The van der Waals surface area contributed by atoms with Crippen LogP contribution in [0.4, 0.5) is 4.39 Å². The quantitative estimate of drug-likeness (QED) is 0.657. The molecular formula is C8H16FNO. The average molecular weight is 161 g/mol. The molecule has 0 saturated carbocycles. The van der Waals surface area contributed by atoms with Crippen LogP contribution in [-0.4, -0.2) is 41.9 Å². The molecule has 1 rings (SSSR count). The number of aliphatic hydroxyl groups is 1. The minimum absolute atomic E-state index is 0.488. The monoisotopic (exact) mass is 161 g/mol. The summed E-state index contributed by atoms with van der Waals surface area (Å²) in [4.78, 5) is 2.11. The van der Waals surface area contributed by atoms with E-state index in [-0.39, 0.29) is 0 Å². The molecule has 1 N–H and O–H groups in total. The number of halogens is 1. The van der Waals surface area contributed by atoms with Gasteiger partial charge >= 0.3 is 0 Å². The summed E-state index contributed by atoms with van der Waals surface area (Å²) >= 11 is 0. The highest BCUT2D eigenvalue weighted by Gasteiger charge is 2.32. The van der Waals surface area contributed by atoms with Gasteiger partial charge in [-0.1, -0.05) is 6.92 Å². The number of alkyl halides is 1. The molecule has 0 spiro atoms. The molecule has 1 aliphatic heterocycles. The summed E-state index contributed by atoms with van der Waals surface area (Å²) in [6.07, 6.45) is -0.787. The molecule has 3 atom stereocenters. The minimum atomic E-state index is -0.787. The Kier molecular flexibility index (Phi) is 2.84. The molecule has 1 saturated heterocycles. The van der Waals surface area contributed by atoms with E-state index < -0.39 is 12.8 Å². The number of likely N-dealkylation sites (tertiary alicyclic amines) is 1. The standard InChI is InChI=1S/C8H16FNO/c1-6-4-10(7(6)2)5-8(11)3-9/h6-8,11H,3-5H2,1-2H3. The second kappa shape index (κ2) is 3.50. The summed E-state index contributed by atoms with van der Waals surface area (Å²) in [5.41, 5.74) is 0. The maximum absolute atomic E-state index is 11.9. The van der Waals surface area contributed by atoms with Gasteiger partial charge in [0, 0.05) is 19.1 Å². The molecule has 0 aromatic rings. The van der Waals surface area contributed by atoms with E-state index in [2.05, 4.69) is 18.7 Å². The van der Waals surface area contributed by atoms with E-state index in [1.807, 2.05) is 0 Å². The van der Waals surface area contributed by atoms with E-state index in [0.717, 1.165) is 6.54 Å². The van der Waals surface area contributed by atoms with Crippen molar-refractivity contribution in [3.63, 3.8) is 0 Å². The van der Waals surface area contributed by atoms with Crippen LogP contribution in [0, 0.1) is 5.92 Å². The van der Waals surface area contributed by atoms with E-state index in [1.54, 1.807) is 0 Å². The lowest BCUT2D eigenvalue weighted by Gasteiger charge is -2.45. The lowest BCUT2D eigenvalue weighted by molar-refractivity contribution is -0.00878. The van der Waals surface area contributed by atoms with Gasteiger partial charge in [0.1, 0.15) is 6.67 Å². The summed E-state index contributed by atoms with van der Waals surface area (Å²) in [5.74, 6) is 0.696. The fourth-order valence-electron chi connectivity index (χ4n) is 1.47. The number of hydrogen-bond donors (Lipinski definition) is 1. The molecule has 66 valence electrons. The molecule has 3 heteroatoms. The van der Waals surface area contributed by atoms with Crippen LogP contribution in [-0.2, 0) is 0 Å². The summed E-state index contributed by atoms with van der Waals surface area (Å²) in [7, 11) is 0. The number of rotatable bonds is 3. The first-order valence-electron chi connectivity index (χ1n) is 4.13. The maximum Gasteiger partial charge on any atom is 0.117 e. The maximum atomic E-state index is 11.9. The normalized spacial score (nSPS) is 34.9. The van der Waals surface area contributed by atoms with Crippen molar-refractivity contribution in [3.8, 4) is 0 Å². The largest absolute Gasteiger partial charge is 0.389 e. The van der Waals surface area contributed by atoms with Crippen LogP contribution < -0.4 is 0 Å². The van der Waals surface area contributed by atoms with Gasteiger partial charge in [0.2, 0.25) is 0 Å². The van der Waals surface area contributed by atoms with Crippen molar-refractivity contribution in [2.24, 2.45) is 5.92 Å². The van der Waals surface area contributed by atoms with Gasteiger partial charge in [-0.05, 0) is 12.8 Å². The summed E-state index contributed by atoms with van der Waals surface area (Å²) < 4.78 is 11.9. The Balaban J connectivity index is 2.19. The van der Waals surface area contributed by atoms with Gasteiger partial charge in [0.25, 0.3) is 0 Å². The van der Waals surface area contributed by atoms with Crippen molar-refractivity contribution in [2.45, 2.75) is 26.0 Å². The molecule has 0 aromatic carbocycles. The molecule has 1 fully saturated rings. The Morgan fingerprint density at radius 2 is 2.27 bits per heavy atom. The van der Waals surface area contributed by atoms with E-state index in [1.165, 1.54) is 0 Å². The Bertz CT molecular complexity index is 131. The summed E-state index contributed by atoms with van der Waals surface area (Å²) in [6, 6.07) is 0.510. The van der Waals surface area contributed by atoms with Crippen LogP contribution in [0.15, 0.2) is 0 Å². The highest BCUT2D eigenvalue weighted by atomic mass is 19.1. The second-order valence-corrected chi connectivity index (χ2v) is 3.48. The van der Waals surface area contributed by atoms with Crippen LogP contribution in [0.3, 0.4) is 0 Å². The average Bonchev–Trinajstić information content (AvgIpc) is 2.03. The fraction of sp³-hybridized carbons (Fsp3) is 1.00. The van der Waals surface area contributed by atoms with E-state index >= 15 is 0 Å².